The van der Waals surface area contributed by atoms with Crippen LogP contribution in [0.15, 0.2) is 36.4 Å². The molecule has 2 aromatic carbocycles. The van der Waals surface area contributed by atoms with Crippen molar-refractivity contribution >= 4 is 0 Å². The monoisotopic (exact) mass is 356 g/mol. The summed E-state index contributed by atoms with van der Waals surface area (Å²) in [5.74, 6) is 2.61. The molecule has 0 radical (unpaired) electrons. The molecule has 0 spiro atoms. The number of hydrogen-bond acceptors (Lipinski definition) is 3. The summed E-state index contributed by atoms with van der Waals surface area (Å²) in [6, 6.07) is 13.1. The van der Waals surface area contributed by atoms with E-state index in [1.54, 1.807) is 0 Å². The van der Waals surface area contributed by atoms with Gasteiger partial charge in [-0.15, -0.1) is 0 Å². The molecule has 0 aromatic heterocycles. The van der Waals surface area contributed by atoms with Crippen molar-refractivity contribution < 1.29 is 19.5 Å². The molecule has 0 saturated carbocycles. The Morgan fingerprint density at radius 1 is 1.00 bits per heavy atom. The minimum Gasteiger partial charge on any atom is -0.491 e. The van der Waals surface area contributed by atoms with Crippen LogP contribution >= 0.6 is 0 Å². The largest absolute Gasteiger partial charge is 0.491 e. The first-order valence-electron chi connectivity index (χ1n) is 9.64. The average molecular weight is 356 g/mol. The van der Waals surface area contributed by atoms with E-state index in [4.69, 9.17) is 14.2 Å². The fourth-order valence-corrected chi connectivity index (χ4v) is 3.53. The third kappa shape index (κ3) is 4.13. The van der Waals surface area contributed by atoms with Crippen molar-refractivity contribution in [2.24, 2.45) is 0 Å². The molecule has 0 unspecified atom stereocenters. The summed E-state index contributed by atoms with van der Waals surface area (Å²) in [5, 5.41) is 2.40. The van der Waals surface area contributed by atoms with E-state index < -0.39 is 0 Å². The Kier molecular flexibility index (Phi) is 6.04. The van der Waals surface area contributed by atoms with Gasteiger partial charge in [0.15, 0.2) is 11.5 Å². The maximum absolute atomic E-state index is 5.84. The van der Waals surface area contributed by atoms with Gasteiger partial charge in [0.1, 0.15) is 11.8 Å². The standard InChI is InChI=1S/C22H29NO3/c1-5-24-20-13-17-11-12-23-22(19(17)14-21(20)25-6-2)16-7-9-18(10-8-16)26-15(3)4/h7-10,13-15,22-23H,5-6,11-12H2,1-4H3/p+1/t22-/m0/s1. The van der Waals surface area contributed by atoms with E-state index in [0.29, 0.717) is 13.2 Å². The van der Waals surface area contributed by atoms with Crippen molar-refractivity contribution in [3.05, 3.63) is 53.1 Å². The predicted molar refractivity (Wildman–Crippen MR) is 103 cm³/mol. The first kappa shape index (κ1) is 18.6. The number of ether oxygens (including phenoxy) is 3. The van der Waals surface area contributed by atoms with Gasteiger partial charge in [-0.05, 0) is 69.7 Å². The molecule has 0 bridgehead atoms. The highest BCUT2D eigenvalue weighted by Gasteiger charge is 2.27. The second-order valence-electron chi connectivity index (χ2n) is 6.85. The zero-order valence-electron chi connectivity index (χ0n) is 16.2. The van der Waals surface area contributed by atoms with Gasteiger partial charge in [-0.3, -0.25) is 0 Å². The molecule has 0 fully saturated rings. The third-order valence-corrected chi connectivity index (χ3v) is 4.57. The lowest BCUT2D eigenvalue weighted by Gasteiger charge is -2.26. The second-order valence-corrected chi connectivity index (χ2v) is 6.85. The van der Waals surface area contributed by atoms with Gasteiger partial charge in [0, 0.05) is 17.5 Å². The number of nitrogens with two attached hydrogens (primary N) is 1. The van der Waals surface area contributed by atoms with Crippen molar-refractivity contribution in [3.8, 4) is 17.2 Å². The quantitative estimate of drug-likeness (QED) is 0.826. The molecular formula is C22H30NO3+. The minimum atomic E-state index is 0.188. The predicted octanol–water partition coefficient (Wildman–Crippen LogP) is 3.48. The summed E-state index contributed by atoms with van der Waals surface area (Å²) in [6.07, 6.45) is 1.24. The molecule has 1 heterocycles. The molecular weight excluding hydrogens is 326 g/mol. The molecule has 140 valence electrons. The summed E-state index contributed by atoms with van der Waals surface area (Å²) < 4.78 is 17.4. The highest BCUT2D eigenvalue weighted by atomic mass is 16.5. The molecule has 1 aliphatic rings. The van der Waals surface area contributed by atoms with Crippen LogP contribution in [-0.2, 0) is 6.42 Å². The van der Waals surface area contributed by atoms with Crippen LogP contribution in [0.2, 0.25) is 0 Å². The fraction of sp³-hybridized carbons (Fsp3) is 0.455. The van der Waals surface area contributed by atoms with Gasteiger partial charge in [-0.25, -0.2) is 0 Å². The summed E-state index contributed by atoms with van der Waals surface area (Å²) in [6.45, 7) is 10.5. The molecule has 0 amide bonds. The van der Waals surface area contributed by atoms with Crippen molar-refractivity contribution in [2.75, 3.05) is 19.8 Å². The number of fused-ring (bicyclic) bond motifs is 1. The Morgan fingerprint density at radius 3 is 2.27 bits per heavy atom. The lowest BCUT2D eigenvalue weighted by molar-refractivity contribution is -0.690. The van der Waals surface area contributed by atoms with Crippen molar-refractivity contribution in [1.82, 2.24) is 0 Å². The molecule has 0 saturated heterocycles. The van der Waals surface area contributed by atoms with Gasteiger partial charge < -0.3 is 19.5 Å². The molecule has 2 N–H and O–H groups in total. The maximum Gasteiger partial charge on any atom is 0.161 e. The highest BCUT2D eigenvalue weighted by molar-refractivity contribution is 5.50. The van der Waals surface area contributed by atoms with E-state index >= 15 is 0 Å². The van der Waals surface area contributed by atoms with Gasteiger partial charge >= 0.3 is 0 Å². The Hall–Kier alpha value is -2.20. The van der Waals surface area contributed by atoms with Crippen LogP contribution in [0.4, 0.5) is 0 Å². The summed E-state index contributed by atoms with van der Waals surface area (Å²) in [5.41, 5.74) is 3.96. The van der Waals surface area contributed by atoms with Gasteiger partial charge in [0.25, 0.3) is 0 Å². The average Bonchev–Trinajstić information content (AvgIpc) is 2.62. The molecule has 2 aromatic rings. The van der Waals surface area contributed by atoms with E-state index in [1.807, 2.05) is 27.7 Å². The summed E-state index contributed by atoms with van der Waals surface area (Å²) in [4.78, 5) is 0. The van der Waals surface area contributed by atoms with E-state index in [2.05, 4.69) is 41.7 Å². The van der Waals surface area contributed by atoms with E-state index in [9.17, 15) is 0 Å². The van der Waals surface area contributed by atoms with Crippen LogP contribution < -0.4 is 19.5 Å². The van der Waals surface area contributed by atoms with E-state index in [1.165, 1.54) is 16.7 Å². The zero-order chi connectivity index (χ0) is 18.5. The molecule has 0 aliphatic carbocycles. The molecule has 3 rings (SSSR count). The molecule has 4 heteroatoms. The van der Waals surface area contributed by atoms with Gasteiger partial charge in [0.2, 0.25) is 0 Å². The second kappa shape index (κ2) is 8.45. The Balaban J connectivity index is 1.93. The van der Waals surface area contributed by atoms with Crippen LogP contribution in [0, 0.1) is 0 Å². The van der Waals surface area contributed by atoms with Crippen LogP contribution in [0.5, 0.6) is 17.2 Å². The maximum atomic E-state index is 5.84. The zero-order valence-corrected chi connectivity index (χ0v) is 16.2. The third-order valence-electron chi connectivity index (χ3n) is 4.57. The van der Waals surface area contributed by atoms with Gasteiger partial charge in [-0.1, -0.05) is 0 Å². The SMILES string of the molecule is CCOc1cc2c(cc1OCC)[C@H](c1ccc(OC(C)C)cc1)[NH2+]CC2. The topological polar surface area (TPSA) is 44.3 Å². The Bertz CT molecular complexity index is 725. The normalized spacial score (nSPS) is 16.3. The van der Waals surface area contributed by atoms with E-state index in [-0.39, 0.29) is 12.1 Å². The Morgan fingerprint density at radius 2 is 1.65 bits per heavy atom. The smallest absolute Gasteiger partial charge is 0.161 e. The number of hydrogen-bond donors (Lipinski definition) is 1. The Labute approximate surface area is 156 Å². The molecule has 1 atom stereocenters. The highest BCUT2D eigenvalue weighted by Crippen LogP contribution is 2.36. The number of quaternary nitrogens is 1. The molecule has 1 aliphatic heterocycles. The molecule has 4 nitrogen and oxygen atoms in total. The minimum absolute atomic E-state index is 0.188. The molecule has 26 heavy (non-hydrogen) atoms. The fourth-order valence-electron chi connectivity index (χ4n) is 3.53. The first-order valence-corrected chi connectivity index (χ1v) is 9.64. The number of benzene rings is 2. The van der Waals surface area contributed by atoms with Crippen LogP contribution in [0.1, 0.15) is 50.4 Å². The summed E-state index contributed by atoms with van der Waals surface area (Å²) in [7, 11) is 0. The lowest BCUT2D eigenvalue weighted by atomic mass is 9.89. The first-order chi connectivity index (χ1) is 12.6. The lowest BCUT2D eigenvalue weighted by Crippen LogP contribution is -2.87. The number of rotatable bonds is 7. The van der Waals surface area contributed by atoms with Gasteiger partial charge in [0.05, 0.1) is 25.9 Å². The van der Waals surface area contributed by atoms with Crippen LogP contribution in [-0.4, -0.2) is 25.9 Å². The van der Waals surface area contributed by atoms with Crippen LogP contribution in [0.25, 0.3) is 0 Å². The summed E-state index contributed by atoms with van der Waals surface area (Å²) >= 11 is 0. The van der Waals surface area contributed by atoms with Crippen molar-refractivity contribution in [2.45, 2.75) is 46.3 Å². The van der Waals surface area contributed by atoms with E-state index in [0.717, 1.165) is 30.2 Å². The van der Waals surface area contributed by atoms with Crippen molar-refractivity contribution in [1.29, 1.82) is 0 Å². The van der Waals surface area contributed by atoms with Crippen molar-refractivity contribution in [3.63, 3.8) is 0 Å². The van der Waals surface area contributed by atoms with Gasteiger partial charge in [-0.2, -0.15) is 0 Å². The van der Waals surface area contributed by atoms with Crippen LogP contribution in [0.3, 0.4) is 0 Å².